The van der Waals surface area contributed by atoms with E-state index in [2.05, 4.69) is 20.5 Å². The molecule has 21 heavy (non-hydrogen) atoms. The number of para-hydroxylation sites is 1. The summed E-state index contributed by atoms with van der Waals surface area (Å²) in [6, 6.07) is 12.1. The second-order valence-electron chi connectivity index (χ2n) is 4.08. The van der Waals surface area contributed by atoms with Crippen LogP contribution in [0.1, 0.15) is 0 Å². The highest BCUT2D eigenvalue weighted by atomic mass is 16.4. The normalized spacial score (nSPS) is 10.3. The predicted octanol–water partition coefficient (Wildman–Crippen LogP) is 1.87. The van der Waals surface area contributed by atoms with E-state index in [1.807, 2.05) is 6.07 Å². The molecule has 104 valence electrons. The van der Waals surface area contributed by atoms with Gasteiger partial charge in [0.25, 0.3) is 0 Å². The number of aromatic nitrogens is 5. The molecule has 0 saturated heterocycles. The van der Waals surface area contributed by atoms with Crippen LogP contribution in [0.2, 0.25) is 0 Å². The summed E-state index contributed by atoms with van der Waals surface area (Å²) >= 11 is 0. The third kappa shape index (κ3) is 2.54. The molecule has 0 saturated carbocycles. The van der Waals surface area contributed by atoms with E-state index in [0.717, 1.165) is 4.90 Å². The van der Waals surface area contributed by atoms with Gasteiger partial charge in [-0.2, -0.15) is 4.68 Å². The van der Waals surface area contributed by atoms with Crippen LogP contribution in [0.4, 0.5) is 16.2 Å². The molecular weight excluding hydrogens is 272 g/mol. The van der Waals surface area contributed by atoms with Gasteiger partial charge in [-0.25, -0.2) is 14.7 Å². The van der Waals surface area contributed by atoms with Gasteiger partial charge in [0.15, 0.2) is 5.82 Å². The van der Waals surface area contributed by atoms with Crippen molar-refractivity contribution < 1.29 is 9.90 Å². The first-order valence-electron chi connectivity index (χ1n) is 6.03. The fourth-order valence-electron chi connectivity index (χ4n) is 1.86. The van der Waals surface area contributed by atoms with Gasteiger partial charge in [0.2, 0.25) is 0 Å². The van der Waals surface area contributed by atoms with Gasteiger partial charge in [0.05, 0.1) is 17.6 Å². The molecule has 0 bridgehead atoms. The number of pyridine rings is 1. The van der Waals surface area contributed by atoms with Gasteiger partial charge in [0, 0.05) is 0 Å². The average molecular weight is 282 g/mol. The number of rotatable bonds is 3. The van der Waals surface area contributed by atoms with Crippen molar-refractivity contribution in [3.8, 4) is 5.82 Å². The zero-order valence-corrected chi connectivity index (χ0v) is 10.7. The van der Waals surface area contributed by atoms with Crippen LogP contribution < -0.4 is 4.90 Å². The van der Waals surface area contributed by atoms with E-state index in [9.17, 15) is 9.90 Å². The highest BCUT2D eigenvalue weighted by Crippen LogP contribution is 2.24. The number of hydrogen-bond donors (Lipinski definition) is 1. The minimum absolute atomic E-state index is 0.436. The molecule has 0 fully saturated rings. The Morgan fingerprint density at radius 1 is 1.10 bits per heavy atom. The third-order valence-corrected chi connectivity index (χ3v) is 2.78. The maximum Gasteiger partial charge on any atom is 0.416 e. The minimum atomic E-state index is -1.09. The number of carboxylic acid groups (broad SMARTS) is 1. The quantitative estimate of drug-likeness (QED) is 0.787. The number of hydrogen-bond acceptors (Lipinski definition) is 5. The van der Waals surface area contributed by atoms with Gasteiger partial charge in [-0.3, -0.25) is 0 Å². The molecule has 0 unspecified atom stereocenters. The lowest BCUT2D eigenvalue weighted by molar-refractivity contribution is 0.205. The minimum Gasteiger partial charge on any atom is -0.464 e. The van der Waals surface area contributed by atoms with Crippen molar-refractivity contribution in [2.45, 2.75) is 0 Å². The molecule has 0 aliphatic rings. The van der Waals surface area contributed by atoms with Crippen LogP contribution >= 0.6 is 0 Å². The lowest BCUT2D eigenvalue weighted by Gasteiger charge is -2.19. The van der Waals surface area contributed by atoms with E-state index in [1.54, 1.807) is 36.4 Å². The third-order valence-electron chi connectivity index (χ3n) is 2.78. The average Bonchev–Trinajstić information content (AvgIpc) is 3.03. The summed E-state index contributed by atoms with van der Waals surface area (Å²) in [7, 11) is 0. The Morgan fingerprint density at radius 2 is 1.90 bits per heavy atom. The van der Waals surface area contributed by atoms with E-state index >= 15 is 0 Å². The smallest absolute Gasteiger partial charge is 0.416 e. The molecule has 8 nitrogen and oxygen atoms in total. The Labute approximate surface area is 119 Å². The van der Waals surface area contributed by atoms with Crippen molar-refractivity contribution in [2.24, 2.45) is 0 Å². The standard InChI is InChI=1S/C13H10N6O2/c20-13(21)19(10-4-2-1-3-5-10)11-6-7-12(14-8-11)18-9-15-16-17-18/h1-9H,(H,20,21). The van der Waals surface area contributed by atoms with Gasteiger partial charge >= 0.3 is 6.09 Å². The monoisotopic (exact) mass is 282 g/mol. The first kappa shape index (κ1) is 12.7. The summed E-state index contributed by atoms with van der Waals surface area (Å²) in [4.78, 5) is 16.8. The summed E-state index contributed by atoms with van der Waals surface area (Å²) in [5.41, 5.74) is 0.979. The molecular formula is C13H10N6O2. The molecule has 3 rings (SSSR count). The van der Waals surface area contributed by atoms with Crippen molar-refractivity contribution in [2.75, 3.05) is 4.90 Å². The molecule has 0 spiro atoms. The number of nitrogens with zero attached hydrogens (tertiary/aromatic N) is 6. The molecule has 2 heterocycles. The Hall–Kier alpha value is -3.29. The second kappa shape index (κ2) is 5.37. The molecule has 1 amide bonds. The highest BCUT2D eigenvalue weighted by molar-refractivity contribution is 5.94. The molecule has 0 radical (unpaired) electrons. The van der Waals surface area contributed by atoms with Gasteiger partial charge in [0.1, 0.15) is 6.33 Å². The summed E-state index contributed by atoms with van der Waals surface area (Å²) in [5.74, 6) is 0.502. The lowest BCUT2D eigenvalue weighted by atomic mass is 10.2. The Balaban J connectivity index is 1.96. The Morgan fingerprint density at radius 3 is 2.48 bits per heavy atom. The first-order chi connectivity index (χ1) is 10.3. The van der Waals surface area contributed by atoms with Crippen LogP contribution in [0, 0.1) is 0 Å². The molecule has 2 aromatic heterocycles. The molecule has 0 atom stereocenters. The topological polar surface area (TPSA) is 97.0 Å². The maximum atomic E-state index is 11.5. The largest absolute Gasteiger partial charge is 0.464 e. The van der Waals surface area contributed by atoms with E-state index in [1.165, 1.54) is 17.2 Å². The van der Waals surface area contributed by atoms with Crippen LogP contribution in [-0.2, 0) is 0 Å². The molecule has 0 aliphatic carbocycles. The molecule has 3 aromatic rings. The van der Waals surface area contributed by atoms with E-state index < -0.39 is 6.09 Å². The molecule has 8 heteroatoms. The number of anilines is 2. The lowest BCUT2D eigenvalue weighted by Crippen LogP contribution is -2.23. The van der Waals surface area contributed by atoms with Crippen LogP contribution in [-0.4, -0.2) is 36.4 Å². The van der Waals surface area contributed by atoms with Gasteiger partial charge in [-0.1, -0.05) is 18.2 Å². The SMILES string of the molecule is O=C(O)N(c1ccccc1)c1ccc(-n2cnnn2)nc1. The Kier molecular flexibility index (Phi) is 3.26. The van der Waals surface area contributed by atoms with Crippen LogP contribution in [0.15, 0.2) is 55.0 Å². The van der Waals surface area contributed by atoms with E-state index in [0.29, 0.717) is 17.2 Å². The maximum absolute atomic E-state index is 11.5. The Bertz CT molecular complexity index is 727. The zero-order chi connectivity index (χ0) is 14.7. The fourth-order valence-corrected chi connectivity index (χ4v) is 1.86. The second-order valence-corrected chi connectivity index (χ2v) is 4.08. The molecule has 1 N–H and O–H groups in total. The van der Waals surface area contributed by atoms with Crippen molar-refractivity contribution >= 4 is 17.5 Å². The van der Waals surface area contributed by atoms with Crippen molar-refractivity contribution in [1.82, 2.24) is 25.2 Å². The predicted molar refractivity (Wildman–Crippen MR) is 73.6 cm³/mol. The van der Waals surface area contributed by atoms with Crippen molar-refractivity contribution in [3.05, 3.63) is 55.0 Å². The van der Waals surface area contributed by atoms with Crippen LogP contribution in [0.3, 0.4) is 0 Å². The van der Waals surface area contributed by atoms with Crippen LogP contribution in [0.5, 0.6) is 0 Å². The fraction of sp³-hybridized carbons (Fsp3) is 0. The van der Waals surface area contributed by atoms with Gasteiger partial charge < -0.3 is 5.11 Å². The molecule has 1 aromatic carbocycles. The number of carbonyl (C=O) groups is 1. The molecule has 0 aliphatic heterocycles. The van der Waals surface area contributed by atoms with E-state index in [-0.39, 0.29) is 0 Å². The van der Waals surface area contributed by atoms with Gasteiger partial charge in [-0.05, 0) is 34.7 Å². The van der Waals surface area contributed by atoms with E-state index in [4.69, 9.17) is 0 Å². The van der Waals surface area contributed by atoms with Crippen molar-refractivity contribution in [1.29, 1.82) is 0 Å². The summed E-state index contributed by atoms with van der Waals surface area (Å²) in [6.45, 7) is 0. The number of tetrazole rings is 1. The summed E-state index contributed by atoms with van der Waals surface area (Å²) in [5, 5.41) is 20.2. The first-order valence-corrected chi connectivity index (χ1v) is 6.03. The van der Waals surface area contributed by atoms with Crippen molar-refractivity contribution in [3.63, 3.8) is 0 Å². The number of amides is 1. The number of benzene rings is 1. The van der Waals surface area contributed by atoms with Crippen LogP contribution in [0.25, 0.3) is 5.82 Å². The highest BCUT2D eigenvalue weighted by Gasteiger charge is 2.17. The zero-order valence-electron chi connectivity index (χ0n) is 10.7. The van der Waals surface area contributed by atoms with Gasteiger partial charge in [-0.15, -0.1) is 5.10 Å². The summed E-state index contributed by atoms with van der Waals surface area (Å²) in [6.07, 6.45) is 1.78. The summed E-state index contributed by atoms with van der Waals surface area (Å²) < 4.78 is 1.39.